The van der Waals surface area contributed by atoms with E-state index in [2.05, 4.69) is 20.8 Å². The first kappa shape index (κ1) is 26.4. The second kappa shape index (κ2) is 8.44. The minimum atomic E-state index is -5.94. The van der Waals surface area contributed by atoms with Gasteiger partial charge in [-0.2, -0.15) is 26.3 Å². The molecule has 2 aromatic carbocycles. The lowest BCUT2D eigenvalue weighted by molar-refractivity contribution is -0.376. The van der Waals surface area contributed by atoms with E-state index in [0.29, 0.717) is 47.4 Å². The number of benzene rings is 2. The Labute approximate surface area is 206 Å². The molecular formula is C22H21BrF6N2O3S. The van der Waals surface area contributed by atoms with Crippen LogP contribution in [0.4, 0.5) is 26.3 Å². The van der Waals surface area contributed by atoms with Crippen molar-refractivity contribution in [2.75, 3.05) is 32.4 Å². The summed E-state index contributed by atoms with van der Waals surface area (Å²) in [6.45, 7) is 3.17. The van der Waals surface area contributed by atoms with Crippen molar-refractivity contribution in [3.05, 3.63) is 58.1 Å². The van der Waals surface area contributed by atoms with Crippen molar-refractivity contribution < 1.29 is 39.9 Å². The Morgan fingerprint density at radius 3 is 1.94 bits per heavy atom. The van der Waals surface area contributed by atoms with Crippen LogP contribution in [0.3, 0.4) is 0 Å². The van der Waals surface area contributed by atoms with Gasteiger partial charge in [-0.1, -0.05) is 52.3 Å². The molecule has 13 heteroatoms. The number of likely N-dealkylation sites (tertiary alicyclic amines) is 1. The molecule has 2 saturated heterocycles. The Kier molecular flexibility index (Phi) is 6.36. The van der Waals surface area contributed by atoms with Crippen molar-refractivity contribution in [3.8, 4) is 11.1 Å². The summed E-state index contributed by atoms with van der Waals surface area (Å²) < 4.78 is 104. The molecule has 0 aliphatic carbocycles. The van der Waals surface area contributed by atoms with Crippen LogP contribution in [0.15, 0.2) is 46.9 Å². The molecular weight excluding hydrogens is 566 g/mol. The third-order valence-corrected chi connectivity index (χ3v) is 8.34. The Bertz CT molecular complexity index is 1200. The van der Waals surface area contributed by atoms with Crippen molar-refractivity contribution >= 4 is 26.0 Å². The van der Waals surface area contributed by atoms with Gasteiger partial charge in [0.25, 0.3) is 5.60 Å². The van der Waals surface area contributed by atoms with Gasteiger partial charge < -0.3 is 5.11 Å². The van der Waals surface area contributed by atoms with Crippen LogP contribution in [0, 0.1) is 5.41 Å². The summed E-state index contributed by atoms with van der Waals surface area (Å²) in [7, 11) is -3.17. The highest BCUT2D eigenvalue weighted by Crippen LogP contribution is 2.50. The molecule has 0 amide bonds. The molecule has 0 radical (unpaired) electrons. The van der Waals surface area contributed by atoms with E-state index in [0.717, 1.165) is 30.8 Å². The van der Waals surface area contributed by atoms with Crippen LogP contribution in [0.5, 0.6) is 0 Å². The van der Waals surface area contributed by atoms with Gasteiger partial charge in [-0.05, 0) is 22.8 Å². The fraction of sp³-hybridized carbons (Fsp3) is 0.455. The van der Waals surface area contributed by atoms with Gasteiger partial charge in [0, 0.05) is 48.2 Å². The molecule has 4 rings (SSSR count). The predicted octanol–water partition coefficient (Wildman–Crippen LogP) is 4.51. The summed E-state index contributed by atoms with van der Waals surface area (Å²) >= 11 is 3.41. The van der Waals surface area contributed by atoms with Gasteiger partial charge in [0.15, 0.2) is 0 Å². The van der Waals surface area contributed by atoms with Crippen molar-refractivity contribution in [2.24, 2.45) is 5.41 Å². The molecule has 0 aromatic heterocycles. The van der Waals surface area contributed by atoms with Crippen LogP contribution in [0.2, 0.25) is 0 Å². The van der Waals surface area contributed by atoms with E-state index >= 15 is 0 Å². The highest BCUT2D eigenvalue weighted by Gasteiger charge is 2.71. The molecule has 0 unspecified atom stereocenters. The van der Waals surface area contributed by atoms with E-state index in [-0.39, 0.29) is 5.41 Å². The number of hydrogen-bond acceptors (Lipinski definition) is 4. The fourth-order valence-corrected chi connectivity index (χ4v) is 6.35. The van der Waals surface area contributed by atoms with Crippen molar-refractivity contribution in [1.29, 1.82) is 0 Å². The smallest absolute Gasteiger partial charge is 0.369 e. The minimum Gasteiger partial charge on any atom is -0.369 e. The predicted molar refractivity (Wildman–Crippen MR) is 120 cm³/mol. The Balaban J connectivity index is 1.44. The topological polar surface area (TPSA) is 60.9 Å². The van der Waals surface area contributed by atoms with Gasteiger partial charge in [-0.3, -0.25) is 4.90 Å². The molecule has 2 aliphatic rings. The number of alkyl halides is 6. The van der Waals surface area contributed by atoms with Gasteiger partial charge in [-0.25, -0.2) is 12.7 Å². The van der Waals surface area contributed by atoms with Crippen LogP contribution < -0.4 is 0 Å². The third-order valence-electron chi connectivity index (χ3n) is 6.48. The SMILES string of the molecule is CS(=O)(=O)N1CC2(CN(Cc3ccc(-c4ccc(C(O)(C(F)(F)F)C(F)(F)F)cc4)c(Br)c3)C2)C1. The summed E-state index contributed by atoms with van der Waals surface area (Å²) in [4.78, 5) is 2.17. The van der Waals surface area contributed by atoms with Gasteiger partial charge in [0.2, 0.25) is 10.0 Å². The number of aliphatic hydroxyl groups is 1. The summed E-state index contributed by atoms with van der Waals surface area (Å²) in [5.41, 5.74) is -4.41. The first-order valence-corrected chi connectivity index (χ1v) is 13.0. The van der Waals surface area contributed by atoms with Crippen LogP contribution >= 0.6 is 15.9 Å². The number of nitrogens with zero attached hydrogens (tertiary/aromatic N) is 2. The number of hydrogen-bond donors (Lipinski definition) is 1. The minimum absolute atomic E-state index is 0.00322. The summed E-state index contributed by atoms with van der Waals surface area (Å²) in [6.07, 6.45) is -10.7. The van der Waals surface area contributed by atoms with E-state index in [9.17, 15) is 39.9 Å². The number of halogens is 7. The maximum absolute atomic E-state index is 13.1. The molecule has 0 atom stereocenters. The zero-order valence-corrected chi connectivity index (χ0v) is 20.7. The van der Waals surface area contributed by atoms with Gasteiger partial charge in [0.1, 0.15) is 0 Å². The molecule has 2 aromatic rings. The molecule has 2 heterocycles. The van der Waals surface area contributed by atoms with E-state index in [4.69, 9.17) is 0 Å². The van der Waals surface area contributed by atoms with Crippen LogP contribution in [-0.4, -0.2) is 67.5 Å². The first-order valence-electron chi connectivity index (χ1n) is 10.4. The maximum atomic E-state index is 13.1. The molecule has 1 N–H and O–H groups in total. The van der Waals surface area contributed by atoms with Gasteiger partial charge >= 0.3 is 12.4 Å². The van der Waals surface area contributed by atoms with E-state index in [1.165, 1.54) is 10.6 Å². The molecule has 0 bridgehead atoms. The van der Waals surface area contributed by atoms with Crippen molar-refractivity contribution in [3.63, 3.8) is 0 Å². The average molecular weight is 587 g/mol. The second-order valence-electron chi connectivity index (χ2n) is 9.27. The summed E-state index contributed by atoms with van der Waals surface area (Å²) in [5.74, 6) is 0. The van der Waals surface area contributed by atoms with Crippen molar-refractivity contribution in [1.82, 2.24) is 9.21 Å². The molecule has 35 heavy (non-hydrogen) atoms. The first-order chi connectivity index (χ1) is 16.0. The number of sulfonamides is 1. The Morgan fingerprint density at radius 1 is 0.943 bits per heavy atom. The molecule has 1 spiro atoms. The number of rotatable bonds is 5. The van der Waals surface area contributed by atoms with Crippen LogP contribution in [-0.2, 0) is 22.2 Å². The van der Waals surface area contributed by atoms with Crippen LogP contribution in [0.1, 0.15) is 11.1 Å². The van der Waals surface area contributed by atoms with Gasteiger partial charge in [-0.15, -0.1) is 0 Å². The second-order valence-corrected chi connectivity index (χ2v) is 12.1. The third kappa shape index (κ3) is 4.73. The molecule has 5 nitrogen and oxygen atoms in total. The Morgan fingerprint density at radius 2 is 1.49 bits per heavy atom. The fourth-order valence-electron chi connectivity index (χ4n) is 4.68. The lowest BCUT2D eigenvalue weighted by atomic mass is 9.74. The Hall–Kier alpha value is -1.67. The lowest BCUT2D eigenvalue weighted by Crippen LogP contribution is -2.72. The summed E-state index contributed by atoms with van der Waals surface area (Å²) in [6, 6.07) is 8.77. The highest BCUT2D eigenvalue weighted by molar-refractivity contribution is 9.10. The van der Waals surface area contributed by atoms with E-state index in [1.54, 1.807) is 6.07 Å². The van der Waals surface area contributed by atoms with Crippen molar-refractivity contribution in [2.45, 2.75) is 24.5 Å². The molecule has 2 fully saturated rings. The molecule has 0 saturated carbocycles. The standard InChI is InChI=1S/C22H21BrF6N2O3S/c1-35(33,34)31-12-19(13-31)10-30(11-19)9-14-2-7-17(18(23)8-14)15-3-5-16(6-4-15)20(32,21(24,25)26)22(27,28)29/h2-8,32H,9-13H2,1H3. The quantitative estimate of drug-likeness (QED) is 0.524. The van der Waals surface area contributed by atoms with Crippen LogP contribution in [0.25, 0.3) is 11.1 Å². The zero-order valence-electron chi connectivity index (χ0n) is 18.3. The normalized spacial score (nSPS) is 19.5. The monoisotopic (exact) mass is 586 g/mol. The van der Waals surface area contributed by atoms with Gasteiger partial charge in [0.05, 0.1) is 6.26 Å². The zero-order chi connectivity index (χ0) is 26.0. The highest BCUT2D eigenvalue weighted by atomic mass is 79.9. The maximum Gasteiger partial charge on any atom is 0.430 e. The van der Waals surface area contributed by atoms with E-state index in [1.807, 2.05) is 12.1 Å². The molecule has 2 aliphatic heterocycles. The average Bonchev–Trinajstić information content (AvgIpc) is 2.65. The lowest BCUT2D eigenvalue weighted by Gasteiger charge is -2.59. The largest absolute Gasteiger partial charge is 0.430 e. The van der Waals surface area contributed by atoms with E-state index < -0.39 is 33.5 Å². The summed E-state index contributed by atoms with van der Waals surface area (Å²) in [5, 5.41) is 9.54. The molecule has 192 valence electrons.